The molecule has 4 aromatic rings. The fourth-order valence-corrected chi connectivity index (χ4v) is 3.77. The maximum Gasteiger partial charge on any atom is 0.330 e. The maximum absolute atomic E-state index is 13.1. The number of fused-ring (bicyclic) bond motifs is 1. The number of nitrogens with zero attached hydrogens (tertiary/aromatic N) is 3. The first-order valence-corrected chi connectivity index (χ1v) is 9.81. The van der Waals surface area contributed by atoms with E-state index in [4.69, 9.17) is 0 Å². The molecule has 1 N–H and O–H groups in total. The molecule has 2 aromatic carbocycles. The molecule has 0 unspecified atom stereocenters. The van der Waals surface area contributed by atoms with Crippen LogP contribution in [0, 0.1) is 0 Å². The zero-order valence-electron chi connectivity index (χ0n) is 17.8. The zero-order chi connectivity index (χ0) is 21.8. The third kappa shape index (κ3) is 3.05. The van der Waals surface area contributed by atoms with E-state index in [9.17, 15) is 14.7 Å². The fourth-order valence-electron chi connectivity index (χ4n) is 3.77. The zero-order valence-corrected chi connectivity index (χ0v) is 17.8. The predicted molar refractivity (Wildman–Crippen MR) is 120 cm³/mol. The highest BCUT2D eigenvalue weighted by molar-refractivity contribution is 5.94. The van der Waals surface area contributed by atoms with Gasteiger partial charge in [0.25, 0.3) is 5.56 Å². The van der Waals surface area contributed by atoms with E-state index in [1.54, 1.807) is 37.5 Å². The number of rotatable bonds is 2. The van der Waals surface area contributed by atoms with Gasteiger partial charge in [0.05, 0.1) is 16.6 Å². The number of phenolic OH excluding ortho intramolecular Hbond substituents is 1. The molecule has 0 atom stereocenters. The van der Waals surface area contributed by atoms with Crippen molar-refractivity contribution in [2.24, 2.45) is 14.1 Å². The Hall–Kier alpha value is -3.54. The topological polar surface area (TPSA) is 69.2 Å². The molecular formula is C24H25N3O3. The van der Waals surface area contributed by atoms with Crippen molar-refractivity contribution in [2.75, 3.05) is 0 Å². The number of aromatic hydroxyl groups is 1. The van der Waals surface area contributed by atoms with Gasteiger partial charge in [0.2, 0.25) is 0 Å². The first-order valence-electron chi connectivity index (χ1n) is 9.81. The molecule has 4 rings (SSSR count). The van der Waals surface area contributed by atoms with Crippen molar-refractivity contribution in [3.05, 3.63) is 81.1 Å². The van der Waals surface area contributed by atoms with Crippen LogP contribution in [0.2, 0.25) is 0 Å². The number of hydrogen-bond acceptors (Lipinski definition) is 3. The van der Waals surface area contributed by atoms with Crippen LogP contribution < -0.4 is 11.2 Å². The van der Waals surface area contributed by atoms with Gasteiger partial charge in [0.1, 0.15) is 5.75 Å². The van der Waals surface area contributed by atoms with Crippen molar-refractivity contribution < 1.29 is 5.11 Å². The van der Waals surface area contributed by atoms with Crippen LogP contribution in [0.3, 0.4) is 0 Å². The molecule has 2 heterocycles. The Bertz CT molecular complexity index is 1360. The average molecular weight is 403 g/mol. The van der Waals surface area contributed by atoms with Crippen molar-refractivity contribution in [1.29, 1.82) is 0 Å². The highest BCUT2D eigenvalue weighted by Gasteiger charge is 2.21. The van der Waals surface area contributed by atoms with E-state index in [2.05, 4.69) is 32.9 Å². The van der Waals surface area contributed by atoms with Crippen molar-refractivity contribution in [1.82, 2.24) is 13.7 Å². The molecule has 154 valence electrons. The highest BCUT2D eigenvalue weighted by atomic mass is 16.3. The molecule has 0 amide bonds. The minimum Gasteiger partial charge on any atom is -0.508 e. The molecule has 6 heteroatoms. The van der Waals surface area contributed by atoms with E-state index in [0.717, 1.165) is 15.8 Å². The van der Waals surface area contributed by atoms with Crippen LogP contribution in [0.4, 0.5) is 0 Å². The van der Waals surface area contributed by atoms with Crippen molar-refractivity contribution >= 4 is 10.9 Å². The smallest absolute Gasteiger partial charge is 0.330 e. The third-order valence-electron chi connectivity index (χ3n) is 5.59. The normalized spacial score (nSPS) is 11.9. The first kappa shape index (κ1) is 19.8. The molecule has 0 fully saturated rings. The summed E-state index contributed by atoms with van der Waals surface area (Å²) in [5, 5.41) is 10.2. The molecule has 0 aliphatic rings. The molecule has 0 saturated carbocycles. The molecule has 0 spiro atoms. The van der Waals surface area contributed by atoms with Crippen LogP contribution in [-0.4, -0.2) is 18.8 Å². The first-order chi connectivity index (χ1) is 14.1. The van der Waals surface area contributed by atoms with Gasteiger partial charge in [-0.05, 0) is 40.8 Å². The van der Waals surface area contributed by atoms with Crippen LogP contribution in [0.25, 0.3) is 27.8 Å². The van der Waals surface area contributed by atoms with E-state index >= 15 is 0 Å². The van der Waals surface area contributed by atoms with Gasteiger partial charge in [-0.3, -0.25) is 13.9 Å². The van der Waals surface area contributed by atoms with E-state index in [1.165, 1.54) is 17.2 Å². The van der Waals surface area contributed by atoms with Crippen LogP contribution in [-0.2, 0) is 19.5 Å². The van der Waals surface area contributed by atoms with E-state index < -0.39 is 0 Å². The molecule has 0 aliphatic carbocycles. The monoisotopic (exact) mass is 403 g/mol. The lowest BCUT2D eigenvalue weighted by atomic mass is 9.86. The third-order valence-corrected chi connectivity index (χ3v) is 5.59. The predicted octanol–water partition coefficient (Wildman–Crippen LogP) is 3.70. The van der Waals surface area contributed by atoms with E-state index in [1.807, 2.05) is 16.7 Å². The number of hydrogen-bond donors (Lipinski definition) is 1. The molecule has 0 radical (unpaired) electrons. The van der Waals surface area contributed by atoms with Gasteiger partial charge in [-0.25, -0.2) is 4.79 Å². The Morgan fingerprint density at radius 3 is 2.00 bits per heavy atom. The quantitative estimate of drug-likeness (QED) is 0.555. The van der Waals surface area contributed by atoms with Gasteiger partial charge >= 0.3 is 5.69 Å². The van der Waals surface area contributed by atoms with Crippen LogP contribution in [0.1, 0.15) is 26.3 Å². The van der Waals surface area contributed by atoms with E-state index in [0.29, 0.717) is 16.6 Å². The number of aromatic nitrogens is 3. The summed E-state index contributed by atoms with van der Waals surface area (Å²) < 4.78 is 4.52. The van der Waals surface area contributed by atoms with Crippen LogP contribution in [0.15, 0.2) is 64.3 Å². The van der Waals surface area contributed by atoms with Crippen LogP contribution in [0.5, 0.6) is 5.75 Å². The maximum atomic E-state index is 13.1. The summed E-state index contributed by atoms with van der Waals surface area (Å²) >= 11 is 0. The van der Waals surface area contributed by atoms with Crippen LogP contribution >= 0.6 is 0 Å². The summed E-state index contributed by atoms with van der Waals surface area (Å²) in [6.07, 6.45) is 1.80. The van der Waals surface area contributed by atoms with Gasteiger partial charge in [0.15, 0.2) is 0 Å². The molecular weight excluding hydrogens is 378 g/mol. The van der Waals surface area contributed by atoms with Crippen molar-refractivity contribution in [2.45, 2.75) is 26.2 Å². The Morgan fingerprint density at radius 1 is 0.833 bits per heavy atom. The van der Waals surface area contributed by atoms with Crippen molar-refractivity contribution in [3.8, 4) is 22.7 Å². The lowest BCUT2D eigenvalue weighted by molar-refractivity contribution is 0.475. The molecule has 6 nitrogen and oxygen atoms in total. The SMILES string of the molecule is Cn1c(=O)c2c(-c3ccc(C(C)(C)C)cc3)n(-c3ccc(O)cc3)cc2n(C)c1=O. The van der Waals surface area contributed by atoms with Gasteiger partial charge in [-0.2, -0.15) is 0 Å². The van der Waals surface area contributed by atoms with Gasteiger partial charge in [0, 0.05) is 26.0 Å². The Morgan fingerprint density at radius 2 is 1.43 bits per heavy atom. The summed E-state index contributed by atoms with van der Waals surface area (Å²) in [5.74, 6) is 0.162. The summed E-state index contributed by atoms with van der Waals surface area (Å²) in [6, 6.07) is 14.9. The second-order valence-electron chi connectivity index (χ2n) is 8.66. The minimum atomic E-state index is -0.370. The molecule has 30 heavy (non-hydrogen) atoms. The van der Waals surface area contributed by atoms with E-state index in [-0.39, 0.29) is 22.4 Å². The summed E-state index contributed by atoms with van der Waals surface area (Å²) in [4.78, 5) is 25.6. The summed E-state index contributed by atoms with van der Waals surface area (Å²) in [5.41, 5.74) is 3.44. The molecule has 0 bridgehead atoms. The lowest BCUT2D eigenvalue weighted by Gasteiger charge is -2.19. The minimum absolute atomic E-state index is 0.0135. The molecule has 0 saturated heterocycles. The van der Waals surface area contributed by atoms with Crippen molar-refractivity contribution in [3.63, 3.8) is 0 Å². The second-order valence-corrected chi connectivity index (χ2v) is 8.66. The number of benzene rings is 2. The van der Waals surface area contributed by atoms with Gasteiger partial charge in [-0.1, -0.05) is 45.0 Å². The Kier molecular flexibility index (Phi) is 4.45. The lowest BCUT2D eigenvalue weighted by Crippen LogP contribution is -2.36. The second kappa shape index (κ2) is 6.76. The van der Waals surface area contributed by atoms with Gasteiger partial charge < -0.3 is 9.67 Å². The number of phenols is 1. The molecule has 0 aliphatic heterocycles. The molecule has 2 aromatic heterocycles. The summed E-state index contributed by atoms with van der Waals surface area (Å²) in [7, 11) is 3.16. The number of aryl methyl sites for hydroxylation is 1. The van der Waals surface area contributed by atoms with Gasteiger partial charge in [-0.15, -0.1) is 0 Å². The Labute approximate surface area is 174 Å². The Balaban J connectivity index is 2.10. The largest absolute Gasteiger partial charge is 0.508 e. The average Bonchev–Trinajstić information content (AvgIpc) is 3.11. The summed E-state index contributed by atoms with van der Waals surface area (Å²) in [6.45, 7) is 6.46. The fraction of sp³-hybridized carbons (Fsp3) is 0.250. The standard InChI is InChI=1S/C24H25N3O3/c1-24(2,3)16-8-6-15(7-9-16)21-20-19(25(4)23(30)26(5)22(20)29)14-27(21)17-10-12-18(28)13-11-17/h6-14,28H,1-5H3. The highest BCUT2D eigenvalue weighted by Crippen LogP contribution is 2.33.